The Hall–Kier alpha value is -3.00. The predicted molar refractivity (Wildman–Crippen MR) is 96.5 cm³/mol. The highest BCUT2D eigenvalue weighted by atomic mass is 32.1. The lowest BCUT2D eigenvalue weighted by atomic mass is 10.2. The molecule has 0 unspecified atom stereocenters. The van der Waals surface area contributed by atoms with Gasteiger partial charge in [-0.15, -0.1) is 0 Å². The zero-order chi connectivity index (χ0) is 17.6. The van der Waals surface area contributed by atoms with Gasteiger partial charge in [-0.05, 0) is 42.6 Å². The molecule has 0 radical (unpaired) electrons. The van der Waals surface area contributed by atoms with Crippen molar-refractivity contribution >= 4 is 28.8 Å². The standard InChI is InChI=1S/C17H17N5O2S/c1-11-19-16(22-21-11)12-2-4-14(5-3-12)20-15(23)6-8-18-17(24)13-7-9-25-10-13/h2-5,7,9-10H,6,8H2,1H3,(H,18,24)(H,20,23)(H,19,21,22). The van der Waals surface area contributed by atoms with E-state index < -0.39 is 0 Å². The monoisotopic (exact) mass is 355 g/mol. The summed E-state index contributed by atoms with van der Waals surface area (Å²) in [5.41, 5.74) is 2.17. The number of nitrogens with one attached hydrogen (secondary N) is 3. The van der Waals surface area contributed by atoms with Gasteiger partial charge in [-0.2, -0.15) is 16.4 Å². The number of aryl methyl sites for hydroxylation is 1. The second kappa shape index (κ2) is 7.71. The fourth-order valence-corrected chi connectivity index (χ4v) is 2.82. The molecule has 0 aliphatic carbocycles. The molecule has 2 heterocycles. The van der Waals surface area contributed by atoms with Crippen LogP contribution in [0.15, 0.2) is 41.1 Å². The minimum atomic E-state index is -0.166. The number of aromatic amines is 1. The van der Waals surface area contributed by atoms with Gasteiger partial charge in [0.2, 0.25) is 5.91 Å². The van der Waals surface area contributed by atoms with Crippen molar-refractivity contribution in [2.75, 3.05) is 11.9 Å². The van der Waals surface area contributed by atoms with E-state index in [0.717, 1.165) is 11.4 Å². The van der Waals surface area contributed by atoms with E-state index in [1.54, 1.807) is 23.6 Å². The highest BCUT2D eigenvalue weighted by Gasteiger charge is 2.08. The number of benzene rings is 1. The zero-order valence-corrected chi connectivity index (χ0v) is 14.4. The van der Waals surface area contributed by atoms with Crippen LogP contribution in [0.25, 0.3) is 11.4 Å². The topological polar surface area (TPSA) is 99.8 Å². The first kappa shape index (κ1) is 16.8. The van der Waals surface area contributed by atoms with Gasteiger partial charge in [0.05, 0.1) is 0 Å². The minimum absolute atomic E-state index is 0.160. The summed E-state index contributed by atoms with van der Waals surface area (Å²) in [4.78, 5) is 28.0. The van der Waals surface area contributed by atoms with Gasteiger partial charge in [0.15, 0.2) is 5.82 Å². The van der Waals surface area contributed by atoms with Crippen molar-refractivity contribution in [3.05, 3.63) is 52.5 Å². The van der Waals surface area contributed by atoms with Gasteiger partial charge in [-0.1, -0.05) is 0 Å². The molecule has 128 valence electrons. The third kappa shape index (κ3) is 4.51. The molecule has 1 aromatic carbocycles. The van der Waals surface area contributed by atoms with Gasteiger partial charge in [-0.25, -0.2) is 4.98 Å². The average Bonchev–Trinajstić information content (AvgIpc) is 3.27. The molecule has 2 amide bonds. The van der Waals surface area contributed by atoms with E-state index in [1.165, 1.54) is 11.3 Å². The molecule has 25 heavy (non-hydrogen) atoms. The van der Waals surface area contributed by atoms with E-state index in [-0.39, 0.29) is 24.8 Å². The fourth-order valence-electron chi connectivity index (χ4n) is 2.18. The number of anilines is 1. The Kier molecular flexibility index (Phi) is 5.20. The maximum absolute atomic E-state index is 11.9. The second-order valence-electron chi connectivity index (χ2n) is 5.39. The third-order valence-electron chi connectivity index (χ3n) is 3.45. The van der Waals surface area contributed by atoms with Crippen LogP contribution in [-0.4, -0.2) is 33.5 Å². The maximum Gasteiger partial charge on any atom is 0.252 e. The number of hydrogen-bond acceptors (Lipinski definition) is 5. The van der Waals surface area contributed by atoms with Crippen molar-refractivity contribution in [2.45, 2.75) is 13.3 Å². The molecule has 0 atom stereocenters. The van der Waals surface area contributed by atoms with E-state index in [2.05, 4.69) is 25.8 Å². The summed E-state index contributed by atoms with van der Waals surface area (Å²) in [5, 5.41) is 16.0. The van der Waals surface area contributed by atoms with Crippen LogP contribution in [0, 0.1) is 6.92 Å². The molecule has 0 aliphatic rings. The van der Waals surface area contributed by atoms with Crippen molar-refractivity contribution in [1.82, 2.24) is 20.5 Å². The molecule has 0 saturated carbocycles. The molecule has 3 N–H and O–H groups in total. The Balaban J connectivity index is 1.47. The van der Waals surface area contributed by atoms with Crippen LogP contribution < -0.4 is 10.6 Å². The summed E-state index contributed by atoms with van der Waals surface area (Å²) in [7, 11) is 0. The summed E-state index contributed by atoms with van der Waals surface area (Å²) in [6.45, 7) is 2.12. The highest BCUT2D eigenvalue weighted by Crippen LogP contribution is 2.17. The van der Waals surface area contributed by atoms with Crippen molar-refractivity contribution < 1.29 is 9.59 Å². The van der Waals surface area contributed by atoms with Crippen LogP contribution in [0.3, 0.4) is 0 Å². The smallest absolute Gasteiger partial charge is 0.252 e. The van der Waals surface area contributed by atoms with Crippen molar-refractivity contribution in [3.8, 4) is 11.4 Å². The Morgan fingerprint density at radius 2 is 2.00 bits per heavy atom. The van der Waals surface area contributed by atoms with Crippen molar-refractivity contribution in [1.29, 1.82) is 0 Å². The van der Waals surface area contributed by atoms with Crippen LogP contribution in [0.2, 0.25) is 0 Å². The van der Waals surface area contributed by atoms with E-state index in [9.17, 15) is 9.59 Å². The van der Waals surface area contributed by atoms with E-state index in [1.807, 2.05) is 24.4 Å². The number of carbonyl (C=O) groups excluding carboxylic acids is 2. The molecule has 8 heteroatoms. The number of nitrogens with zero attached hydrogens (tertiary/aromatic N) is 2. The van der Waals surface area contributed by atoms with E-state index >= 15 is 0 Å². The number of rotatable bonds is 6. The normalized spacial score (nSPS) is 10.4. The van der Waals surface area contributed by atoms with Crippen LogP contribution in [0.5, 0.6) is 0 Å². The molecule has 0 bridgehead atoms. The van der Waals surface area contributed by atoms with Crippen molar-refractivity contribution in [3.63, 3.8) is 0 Å². The Morgan fingerprint density at radius 3 is 2.64 bits per heavy atom. The van der Waals surface area contributed by atoms with Gasteiger partial charge < -0.3 is 10.6 Å². The van der Waals surface area contributed by atoms with Crippen LogP contribution in [-0.2, 0) is 4.79 Å². The quantitative estimate of drug-likeness (QED) is 0.633. The van der Waals surface area contributed by atoms with E-state index in [0.29, 0.717) is 17.1 Å². The Bertz CT molecular complexity index is 856. The lowest BCUT2D eigenvalue weighted by molar-refractivity contribution is -0.116. The zero-order valence-electron chi connectivity index (χ0n) is 13.6. The molecular weight excluding hydrogens is 338 g/mol. The molecule has 2 aromatic heterocycles. The van der Waals surface area contributed by atoms with Gasteiger partial charge in [0, 0.05) is 35.2 Å². The first-order valence-corrected chi connectivity index (χ1v) is 8.66. The van der Waals surface area contributed by atoms with Gasteiger partial charge in [0.1, 0.15) is 5.82 Å². The molecule has 0 saturated heterocycles. The lowest BCUT2D eigenvalue weighted by Crippen LogP contribution is -2.27. The van der Waals surface area contributed by atoms with E-state index in [4.69, 9.17) is 0 Å². The fraction of sp³-hybridized carbons (Fsp3) is 0.176. The molecule has 3 rings (SSSR count). The van der Waals surface area contributed by atoms with Crippen molar-refractivity contribution in [2.24, 2.45) is 0 Å². The van der Waals surface area contributed by atoms with Gasteiger partial charge in [0.25, 0.3) is 5.91 Å². The average molecular weight is 355 g/mol. The summed E-state index contributed by atoms with van der Waals surface area (Å²) in [6, 6.07) is 9.02. The summed E-state index contributed by atoms with van der Waals surface area (Å²) < 4.78 is 0. The summed E-state index contributed by atoms with van der Waals surface area (Å²) in [6.07, 6.45) is 0.206. The minimum Gasteiger partial charge on any atom is -0.351 e. The number of H-pyrrole nitrogens is 1. The first-order chi connectivity index (χ1) is 12.1. The largest absolute Gasteiger partial charge is 0.351 e. The molecule has 0 aliphatic heterocycles. The number of thiophene rings is 1. The van der Waals surface area contributed by atoms with Gasteiger partial charge in [-0.3, -0.25) is 14.7 Å². The van der Waals surface area contributed by atoms with Crippen LogP contribution >= 0.6 is 11.3 Å². The number of amides is 2. The lowest BCUT2D eigenvalue weighted by Gasteiger charge is -2.07. The Morgan fingerprint density at radius 1 is 1.20 bits per heavy atom. The molecule has 7 nitrogen and oxygen atoms in total. The predicted octanol–water partition coefficient (Wildman–Crippen LogP) is 2.60. The molecular formula is C17H17N5O2S. The molecule has 3 aromatic rings. The van der Waals surface area contributed by atoms with Crippen LogP contribution in [0.4, 0.5) is 5.69 Å². The first-order valence-electron chi connectivity index (χ1n) is 7.71. The SMILES string of the molecule is Cc1nc(-c2ccc(NC(=O)CCNC(=O)c3ccsc3)cc2)n[nH]1. The molecule has 0 spiro atoms. The summed E-state index contributed by atoms with van der Waals surface area (Å²) in [5.74, 6) is 1.04. The van der Waals surface area contributed by atoms with Crippen LogP contribution in [0.1, 0.15) is 22.6 Å². The Labute approximate surface area is 148 Å². The number of aromatic nitrogens is 3. The van der Waals surface area contributed by atoms with Gasteiger partial charge >= 0.3 is 0 Å². The second-order valence-corrected chi connectivity index (χ2v) is 6.17. The third-order valence-corrected chi connectivity index (χ3v) is 4.13. The summed E-state index contributed by atoms with van der Waals surface area (Å²) >= 11 is 1.46. The maximum atomic E-state index is 11.9. The molecule has 0 fully saturated rings. The number of hydrogen-bond donors (Lipinski definition) is 3. The highest BCUT2D eigenvalue weighted by molar-refractivity contribution is 7.08. The number of carbonyl (C=O) groups is 2.